The maximum absolute atomic E-state index is 11.8. The fourth-order valence-electron chi connectivity index (χ4n) is 1.19. The fraction of sp³-hybridized carbons (Fsp3) is 0.100. The Morgan fingerprint density at radius 2 is 2.31 bits per heavy atom. The number of halogens is 1. The maximum Gasteiger partial charge on any atom is 0.267 e. The van der Waals surface area contributed by atoms with Gasteiger partial charge in [0.2, 0.25) is 0 Å². The average Bonchev–Trinajstić information content (AvgIpc) is 2.64. The molecule has 0 bridgehead atoms. The molecule has 0 spiro atoms. The zero-order valence-corrected chi connectivity index (χ0v) is 9.97. The van der Waals surface area contributed by atoms with E-state index in [9.17, 15) is 4.79 Å². The third-order valence-corrected chi connectivity index (χ3v) is 3.07. The lowest BCUT2D eigenvalue weighted by Crippen LogP contribution is -2.11. The van der Waals surface area contributed by atoms with E-state index < -0.39 is 0 Å². The third kappa shape index (κ3) is 2.37. The highest BCUT2D eigenvalue weighted by Gasteiger charge is 2.11. The Labute approximate surface area is 101 Å². The van der Waals surface area contributed by atoms with Crippen molar-refractivity contribution in [2.75, 3.05) is 5.32 Å². The van der Waals surface area contributed by atoms with Crippen molar-refractivity contribution in [1.29, 1.82) is 0 Å². The van der Waals surface area contributed by atoms with Crippen molar-refractivity contribution in [3.63, 3.8) is 0 Å². The first-order valence-electron chi connectivity index (χ1n) is 4.50. The molecule has 1 N–H and O–H groups in total. The molecule has 0 aliphatic carbocycles. The van der Waals surface area contributed by atoms with Gasteiger partial charge in [-0.25, -0.2) is 9.97 Å². The normalized spacial score (nSPS) is 10.1. The van der Waals surface area contributed by atoms with E-state index >= 15 is 0 Å². The Morgan fingerprint density at radius 3 is 2.94 bits per heavy atom. The number of nitrogens with zero attached hydrogens (tertiary/aromatic N) is 2. The van der Waals surface area contributed by atoms with Gasteiger partial charge in [0.25, 0.3) is 5.91 Å². The summed E-state index contributed by atoms with van der Waals surface area (Å²) >= 11 is 7.02. The monoisotopic (exact) mass is 253 g/mol. The van der Waals surface area contributed by atoms with E-state index in [0.717, 1.165) is 5.69 Å². The van der Waals surface area contributed by atoms with Crippen molar-refractivity contribution in [2.24, 2.45) is 0 Å². The molecule has 0 radical (unpaired) electrons. The largest absolute Gasteiger partial charge is 0.321 e. The van der Waals surface area contributed by atoms with E-state index in [1.165, 1.54) is 17.5 Å². The van der Waals surface area contributed by atoms with Crippen molar-refractivity contribution < 1.29 is 4.79 Å². The predicted molar refractivity (Wildman–Crippen MR) is 64.1 cm³/mol. The molecule has 0 aliphatic heterocycles. The Hall–Kier alpha value is -1.46. The first kappa shape index (κ1) is 11.0. The molecule has 0 aromatic carbocycles. The first-order chi connectivity index (χ1) is 7.66. The smallest absolute Gasteiger partial charge is 0.267 e. The second-order valence-corrected chi connectivity index (χ2v) is 4.33. The molecule has 2 aromatic heterocycles. The molecule has 0 atom stereocenters. The minimum absolute atomic E-state index is 0.178. The summed E-state index contributed by atoms with van der Waals surface area (Å²) in [4.78, 5) is 20.3. The van der Waals surface area contributed by atoms with Gasteiger partial charge in [-0.15, -0.1) is 11.3 Å². The fourth-order valence-corrected chi connectivity index (χ4v) is 2.06. The van der Waals surface area contributed by atoms with Crippen LogP contribution in [0.5, 0.6) is 0 Å². The Balaban J connectivity index is 2.17. The number of aryl methyl sites for hydroxylation is 1. The van der Waals surface area contributed by atoms with Gasteiger partial charge in [-0.2, -0.15) is 0 Å². The number of pyridine rings is 1. The van der Waals surface area contributed by atoms with Crippen LogP contribution in [-0.4, -0.2) is 15.9 Å². The molecule has 2 aromatic rings. The van der Waals surface area contributed by atoms with Gasteiger partial charge in [0.1, 0.15) is 10.0 Å². The number of hydrogen-bond donors (Lipinski definition) is 1. The topological polar surface area (TPSA) is 54.9 Å². The van der Waals surface area contributed by atoms with Crippen LogP contribution in [0.15, 0.2) is 23.8 Å². The number of thiazole rings is 1. The Morgan fingerprint density at radius 1 is 1.50 bits per heavy atom. The highest BCUT2D eigenvalue weighted by molar-refractivity contribution is 7.12. The number of hydrogen-bond acceptors (Lipinski definition) is 4. The van der Waals surface area contributed by atoms with Crippen LogP contribution in [0.25, 0.3) is 0 Å². The summed E-state index contributed by atoms with van der Waals surface area (Å²) in [7, 11) is 0. The lowest BCUT2D eigenvalue weighted by atomic mass is 10.3. The summed E-state index contributed by atoms with van der Waals surface area (Å²) in [6.07, 6.45) is 1.54. The summed E-state index contributed by atoms with van der Waals surface area (Å²) in [5, 5.41) is 3.08. The van der Waals surface area contributed by atoms with Gasteiger partial charge in [0.05, 0.1) is 11.2 Å². The molecule has 0 saturated carbocycles. The molecule has 4 nitrogen and oxygen atoms in total. The van der Waals surface area contributed by atoms with Crippen molar-refractivity contribution >= 4 is 34.5 Å². The van der Waals surface area contributed by atoms with Crippen molar-refractivity contribution in [2.45, 2.75) is 6.92 Å². The molecular weight excluding hydrogens is 246 g/mol. The van der Waals surface area contributed by atoms with Crippen LogP contribution in [0.2, 0.25) is 5.15 Å². The van der Waals surface area contributed by atoms with Crippen LogP contribution in [0.4, 0.5) is 5.69 Å². The van der Waals surface area contributed by atoms with Crippen LogP contribution in [-0.2, 0) is 0 Å². The lowest BCUT2D eigenvalue weighted by Gasteiger charge is -2.03. The summed E-state index contributed by atoms with van der Waals surface area (Å²) in [5.41, 5.74) is 2.99. The van der Waals surface area contributed by atoms with Crippen LogP contribution < -0.4 is 5.32 Å². The number of rotatable bonds is 2. The van der Waals surface area contributed by atoms with Crippen LogP contribution >= 0.6 is 22.9 Å². The van der Waals surface area contributed by atoms with Crippen molar-refractivity contribution in [1.82, 2.24) is 9.97 Å². The molecule has 82 valence electrons. The second-order valence-electron chi connectivity index (χ2n) is 3.09. The Kier molecular flexibility index (Phi) is 3.17. The molecule has 2 rings (SSSR count). The Bertz CT molecular complexity index is 526. The third-order valence-electron chi connectivity index (χ3n) is 1.94. The van der Waals surface area contributed by atoms with E-state index in [4.69, 9.17) is 11.6 Å². The summed E-state index contributed by atoms with van der Waals surface area (Å²) < 4.78 is 0. The predicted octanol–water partition coefficient (Wildman–Crippen LogP) is 2.75. The highest BCUT2D eigenvalue weighted by atomic mass is 35.5. The number of carbonyl (C=O) groups excluding carboxylic acids is 1. The van der Waals surface area contributed by atoms with Gasteiger partial charge < -0.3 is 5.32 Å². The summed E-state index contributed by atoms with van der Waals surface area (Å²) in [5.74, 6) is -0.178. The van der Waals surface area contributed by atoms with Crippen LogP contribution in [0.1, 0.15) is 15.4 Å². The van der Waals surface area contributed by atoms with Gasteiger partial charge in [-0.05, 0) is 19.1 Å². The van der Waals surface area contributed by atoms with E-state index in [1.54, 1.807) is 24.6 Å². The maximum atomic E-state index is 11.8. The van der Waals surface area contributed by atoms with Gasteiger partial charge in [0, 0.05) is 11.9 Å². The van der Waals surface area contributed by atoms with E-state index in [0.29, 0.717) is 15.7 Å². The molecule has 1 amide bonds. The number of carbonyl (C=O) groups is 1. The number of aromatic nitrogens is 2. The zero-order valence-electron chi connectivity index (χ0n) is 8.40. The van der Waals surface area contributed by atoms with Gasteiger partial charge >= 0.3 is 0 Å². The minimum Gasteiger partial charge on any atom is -0.321 e. The quantitative estimate of drug-likeness (QED) is 0.838. The van der Waals surface area contributed by atoms with Crippen LogP contribution in [0, 0.1) is 6.92 Å². The molecule has 6 heteroatoms. The number of anilines is 1. The first-order valence-corrected chi connectivity index (χ1v) is 5.75. The summed E-state index contributed by atoms with van der Waals surface area (Å²) in [6.45, 7) is 1.80. The number of amides is 1. The minimum atomic E-state index is -0.178. The lowest BCUT2D eigenvalue weighted by molar-refractivity contribution is 0.103. The highest BCUT2D eigenvalue weighted by Crippen LogP contribution is 2.16. The van der Waals surface area contributed by atoms with Gasteiger partial charge in [0.15, 0.2) is 0 Å². The molecular formula is C10H8ClN3OS. The van der Waals surface area contributed by atoms with E-state index in [-0.39, 0.29) is 5.91 Å². The van der Waals surface area contributed by atoms with Crippen molar-refractivity contribution in [3.05, 3.63) is 39.6 Å². The van der Waals surface area contributed by atoms with Crippen molar-refractivity contribution in [3.8, 4) is 0 Å². The standard InChI is InChI=1S/C10H8ClN3OS/c1-6-9(16-5-13-6)10(15)14-7-2-3-12-8(11)4-7/h2-5H,1H3,(H,12,14,15). The molecule has 0 unspecified atom stereocenters. The molecule has 0 aliphatic rings. The zero-order chi connectivity index (χ0) is 11.5. The van der Waals surface area contributed by atoms with E-state index in [2.05, 4.69) is 15.3 Å². The molecule has 0 saturated heterocycles. The summed E-state index contributed by atoms with van der Waals surface area (Å²) in [6, 6.07) is 3.27. The van der Waals surface area contributed by atoms with E-state index in [1.807, 2.05) is 0 Å². The molecule has 2 heterocycles. The number of nitrogens with one attached hydrogen (secondary N) is 1. The SMILES string of the molecule is Cc1ncsc1C(=O)Nc1ccnc(Cl)c1. The second kappa shape index (κ2) is 4.59. The molecule has 16 heavy (non-hydrogen) atoms. The average molecular weight is 254 g/mol. The van der Waals surface area contributed by atoms with Gasteiger partial charge in [-0.1, -0.05) is 11.6 Å². The van der Waals surface area contributed by atoms with Crippen LogP contribution in [0.3, 0.4) is 0 Å². The van der Waals surface area contributed by atoms with Gasteiger partial charge in [-0.3, -0.25) is 4.79 Å². The molecule has 0 fully saturated rings.